The Bertz CT molecular complexity index is 618. The van der Waals surface area contributed by atoms with Gasteiger partial charge in [0, 0.05) is 17.2 Å². The second-order valence-electron chi connectivity index (χ2n) is 4.86. The lowest BCUT2D eigenvalue weighted by Gasteiger charge is -2.20. The molecule has 1 rings (SSSR count). The van der Waals surface area contributed by atoms with E-state index in [1.54, 1.807) is 6.07 Å². The van der Waals surface area contributed by atoms with Gasteiger partial charge >= 0.3 is 0 Å². The summed E-state index contributed by atoms with van der Waals surface area (Å²) in [4.78, 5) is 2.12. The highest BCUT2D eigenvalue weighted by molar-refractivity contribution is 7.99. The summed E-state index contributed by atoms with van der Waals surface area (Å²) in [6, 6.07) is 4.11. The summed E-state index contributed by atoms with van der Waals surface area (Å²) in [5.74, 6) is -2.19. The van der Waals surface area contributed by atoms with E-state index in [0.29, 0.717) is 12.3 Å². The molecular formula is C16H18F3N3S. The van der Waals surface area contributed by atoms with Gasteiger partial charge < -0.3 is 4.90 Å². The third kappa shape index (κ3) is 5.16. The Morgan fingerprint density at radius 1 is 1.17 bits per heavy atom. The lowest BCUT2D eigenvalue weighted by molar-refractivity contribution is 0.201. The molecule has 0 heterocycles. The molecule has 7 heteroatoms. The quantitative estimate of drug-likeness (QED) is 0.674. The summed E-state index contributed by atoms with van der Waals surface area (Å²) in [5.41, 5.74) is -0.800. The van der Waals surface area contributed by atoms with Gasteiger partial charge in [-0.15, -0.1) is 11.8 Å². The van der Waals surface area contributed by atoms with Gasteiger partial charge in [-0.1, -0.05) is 13.8 Å². The molecule has 0 saturated heterocycles. The molecule has 0 spiro atoms. The third-order valence-electron chi connectivity index (χ3n) is 3.45. The Labute approximate surface area is 138 Å². The highest BCUT2D eigenvalue weighted by Gasteiger charge is 2.19. The van der Waals surface area contributed by atoms with Gasteiger partial charge in [-0.3, -0.25) is 0 Å². The maximum absolute atomic E-state index is 13.9. The van der Waals surface area contributed by atoms with Crippen molar-refractivity contribution in [1.29, 1.82) is 10.5 Å². The minimum Gasteiger partial charge on any atom is -0.301 e. The first-order valence-corrected chi connectivity index (χ1v) is 8.28. The van der Waals surface area contributed by atoms with E-state index in [1.165, 1.54) is 6.07 Å². The summed E-state index contributed by atoms with van der Waals surface area (Å²) in [5, 5.41) is 17.9. The van der Waals surface area contributed by atoms with Gasteiger partial charge in [0.25, 0.3) is 0 Å². The van der Waals surface area contributed by atoms with Crippen LogP contribution in [-0.4, -0.2) is 36.5 Å². The van der Waals surface area contributed by atoms with E-state index in [2.05, 4.69) is 0 Å². The van der Waals surface area contributed by atoms with Gasteiger partial charge in [0.1, 0.15) is 23.9 Å². The fourth-order valence-electron chi connectivity index (χ4n) is 2.08. The van der Waals surface area contributed by atoms with Crippen molar-refractivity contribution in [1.82, 2.24) is 4.90 Å². The number of hydrogen-bond donors (Lipinski definition) is 0. The highest BCUT2D eigenvalue weighted by atomic mass is 32.2. The van der Waals surface area contributed by atoms with Crippen LogP contribution >= 0.6 is 11.8 Å². The molecule has 0 aliphatic heterocycles. The molecule has 0 N–H and O–H groups in total. The highest BCUT2D eigenvalue weighted by Crippen LogP contribution is 2.29. The maximum Gasteiger partial charge on any atom is 0.177 e. The van der Waals surface area contributed by atoms with Crippen LogP contribution in [-0.2, 0) is 0 Å². The predicted octanol–water partition coefficient (Wildman–Crippen LogP) is 3.87. The lowest BCUT2D eigenvalue weighted by atomic mass is 10.1. The number of nitrogens with zero attached hydrogens (tertiary/aromatic N) is 3. The fourth-order valence-corrected chi connectivity index (χ4v) is 3.16. The second-order valence-corrected chi connectivity index (χ2v) is 6.00. The van der Waals surface area contributed by atoms with E-state index in [4.69, 9.17) is 10.5 Å². The first-order chi connectivity index (χ1) is 11.0. The van der Waals surface area contributed by atoms with E-state index in [-0.39, 0.29) is 16.9 Å². The van der Waals surface area contributed by atoms with Crippen molar-refractivity contribution in [3.05, 3.63) is 28.8 Å². The average molecular weight is 341 g/mol. The Morgan fingerprint density at radius 2 is 1.78 bits per heavy atom. The van der Waals surface area contributed by atoms with Crippen LogP contribution in [0, 0.1) is 34.3 Å². The average Bonchev–Trinajstić information content (AvgIpc) is 2.55. The Hall–Kier alpha value is -1.70. The molecule has 3 nitrogen and oxygen atoms in total. The molecule has 0 aromatic heterocycles. The number of alkyl halides is 1. The van der Waals surface area contributed by atoms with Gasteiger partial charge in [0.15, 0.2) is 11.6 Å². The zero-order chi connectivity index (χ0) is 17.4. The monoisotopic (exact) mass is 341 g/mol. The normalized spacial score (nSPS) is 12.0. The van der Waals surface area contributed by atoms with Gasteiger partial charge in [0.2, 0.25) is 0 Å². The third-order valence-corrected chi connectivity index (χ3v) is 4.52. The zero-order valence-electron chi connectivity index (χ0n) is 13.1. The van der Waals surface area contributed by atoms with Crippen LogP contribution in [0.2, 0.25) is 0 Å². The Morgan fingerprint density at radius 3 is 2.30 bits per heavy atom. The van der Waals surface area contributed by atoms with Crippen molar-refractivity contribution in [2.24, 2.45) is 0 Å². The summed E-state index contributed by atoms with van der Waals surface area (Å²) in [7, 11) is 0. The summed E-state index contributed by atoms with van der Waals surface area (Å²) >= 11 is 1.06. The number of benzene rings is 1. The van der Waals surface area contributed by atoms with Crippen LogP contribution in [0.3, 0.4) is 0 Å². The molecule has 23 heavy (non-hydrogen) atoms. The van der Waals surface area contributed by atoms with Crippen LogP contribution in [0.1, 0.15) is 31.4 Å². The number of halogens is 3. The number of thioether (sulfide) groups is 1. The molecular weight excluding hydrogens is 323 g/mol. The van der Waals surface area contributed by atoms with Crippen LogP contribution in [0.5, 0.6) is 0 Å². The molecule has 0 radical (unpaired) electrons. The standard InChI is InChI=1S/C16H18F3N3S/c1-3-22(4-2)10-11(17)5-6-23-15-7-14(18)16(19)13(9-21)12(15)8-20/h7,11H,3-6,10H2,1-2H3. The van der Waals surface area contributed by atoms with Gasteiger partial charge in [-0.05, 0) is 25.6 Å². The van der Waals surface area contributed by atoms with E-state index >= 15 is 0 Å². The topological polar surface area (TPSA) is 50.8 Å². The molecule has 0 amide bonds. The SMILES string of the molecule is CCN(CC)CC(F)CCSc1cc(F)c(F)c(C#N)c1C#N. The van der Waals surface area contributed by atoms with Crippen molar-refractivity contribution < 1.29 is 13.2 Å². The molecule has 1 aromatic carbocycles. The van der Waals surface area contributed by atoms with Crippen LogP contribution in [0.25, 0.3) is 0 Å². The lowest BCUT2D eigenvalue weighted by Crippen LogP contribution is -2.30. The Balaban J connectivity index is 2.74. The zero-order valence-corrected chi connectivity index (χ0v) is 13.9. The molecule has 1 atom stereocenters. The molecule has 124 valence electrons. The predicted molar refractivity (Wildman–Crippen MR) is 83.8 cm³/mol. The molecule has 1 unspecified atom stereocenters. The minimum absolute atomic E-state index is 0.165. The molecule has 1 aromatic rings. The first kappa shape index (κ1) is 19.3. The number of nitriles is 2. The smallest absolute Gasteiger partial charge is 0.177 e. The van der Waals surface area contributed by atoms with Crippen LogP contribution < -0.4 is 0 Å². The molecule has 0 aliphatic rings. The second kappa shape index (κ2) is 9.44. The van der Waals surface area contributed by atoms with E-state index < -0.39 is 23.4 Å². The number of rotatable bonds is 8. The van der Waals surface area contributed by atoms with Gasteiger partial charge in [-0.25, -0.2) is 13.2 Å². The molecule has 0 saturated carbocycles. The first-order valence-electron chi connectivity index (χ1n) is 7.29. The van der Waals surface area contributed by atoms with Crippen molar-refractivity contribution in [2.45, 2.75) is 31.3 Å². The van der Waals surface area contributed by atoms with E-state index in [0.717, 1.165) is 30.9 Å². The summed E-state index contributed by atoms with van der Waals surface area (Å²) in [6.45, 7) is 5.75. The van der Waals surface area contributed by atoms with Crippen molar-refractivity contribution >= 4 is 11.8 Å². The van der Waals surface area contributed by atoms with E-state index in [1.807, 2.05) is 18.7 Å². The number of hydrogen-bond acceptors (Lipinski definition) is 4. The van der Waals surface area contributed by atoms with Crippen molar-refractivity contribution in [3.63, 3.8) is 0 Å². The fraction of sp³-hybridized carbons (Fsp3) is 0.500. The van der Waals surface area contributed by atoms with Crippen LogP contribution in [0.4, 0.5) is 13.2 Å². The van der Waals surface area contributed by atoms with Gasteiger partial charge in [0.05, 0.1) is 5.56 Å². The molecule has 0 bridgehead atoms. The molecule has 0 fully saturated rings. The summed E-state index contributed by atoms with van der Waals surface area (Å²) in [6.07, 6.45) is -0.805. The summed E-state index contributed by atoms with van der Waals surface area (Å²) < 4.78 is 40.8. The molecule has 0 aliphatic carbocycles. The van der Waals surface area contributed by atoms with Crippen LogP contribution in [0.15, 0.2) is 11.0 Å². The maximum atomic E-state index is 13.9. The van der Waals surface area contributed by atoms with E-state index in [9.17, 15) is 13.2 Å². The van der Waals surface area contributed by atoms with Crippen molar-refractivity contribution in [2.75, 3.05) is 25.4 Å². The minimum atomic E-state index is -1.32. The Kier molecular flexibility index (Phi) is 7.94. The van der Waals surface area contributed by atoms with Crippen molar-refractivity contribution in [3.8, 4) is 12.1 Å². The van der Waals surface area contributed by atoms with Gasteiger partial charge in [-0.2, -0.15) is 10.5 Å². The largest absolute Gasteiger partial charge is 0.301 e.